The second kappa shape index (κ2) is 7.42. The van der Waals surface area contributed by atoms with Crippen LogP contribution in [0.1, 0.15) is 42.9 Å². The Balaban J connectivity index is 1.98. The maximum absolute atomic E-state index is 12.0. The molecule has 130 valence electrons. The Bertz CT molecular complexity index is 764. The lowest BCUT2D eigenvalue weighted by atomic mass is 10.1. The Kier molecular flexibility index (Phi) is 5.54. The molecule has 2 amide bonds. The normalized spacial score (nSPS) is 11.1. The molecule has 2 aromatic rings. The van der Waals surface area contributed by atoms with Crippen molar-refractivity contribution in [3.8, 4) is 0 Å². The second-order valence-corrected chi connectivity index (χ2v) is 6.32. The molecule has 0 spiro atoms. The van der Waals surface area contributed by atoms with Crippen LogP contribution in [0.25, 0.3) is 5.65 Å². The smallest absolute Gasteiger partial charge is 0.239 e. The lowest BCUT2D eigenvalue weighted by Crippen LogP contribution is -2.39. The van der Waals surface area contributed by atoms with E-state index in [9.17, 15) is 9.59 Å². The number of nitrogens with one attached hydrogen (secondary N) is 2. The maximum Gasteiger partial charge on any atom is 0.239 e. The highest BCUT2D eigenvalue weighted by Gasteiger charge is 2.13. The molecule has 2 N–H and O–H groups in total. The van der Waals surface area contributed by atoms with Gasteiger partial charge < -0.3 is 10.6 Å². The number of amides is 2. The fraction of sp³-hybridized carbons (Fsp3) is 0.529. The van der Waals surface area contributed by atoms with Crippen molar-refractivity contribution in [1.29, 1.82) is 0 Å². The van der Waals surface area contributed by atoms with Crippen LogP contribution < -0.4 is 10.6 Å². The summed E-state index contributed by atoms with van der Waals surface area (Å²) < 4.78 is 1.81. The van der Waals surface area contributed by atoms with Crippen LogP contribution in [0.2, 0.25) is 0 Å². The van der Waals surface area contributed by atoms with E-state index in [0.29, 0.717) is 12.8 Å². The van der Waals surface area contributed by atoms with Gasteiger partial charge in [-0.15, -0.1) is 0 Å². The SMILES string of the molecule is Cc1cc2nc(C)c(CCC(=O)NCC(=O)NC(C)C)c(C)n2n1. The van der Waals surface area contributed by atoms with Gasteiger partial charge in [-0.2, -0.15) is 5.10 Å². The molecule has 0 aliphatic rings. The Morgan fingerprint density at radius 3 is 2.58 bits per heavy atom. The molecule has 7 nitrogen and oxygen atoms in total. The number of aromatic nitrogens is 3. The lowest BCUT2D eigenvalue weighted by Gasteiger charge is -2.12. The summed E-state index contributed by atoms with van der Waals surface area (Å²) in [5.74, 6) is -0.328. The van der Waals surface area contributed by atoms with Gasteiger partial charge >= 0.3 is 0 Å². The highest BCUT2D eigenvalue weighted by atomic mass is 16.2. The molecule has 0 saturated heterocycles. The molecule has 0 unspecified atom stereocenters. The summed E-state index contributed by atoms with van der Waals surface area (Å²) in [4.78, 5) is 28.1. The average Bonchev–Trinajstić information content (AvgIpc) is 2.84. The summed E-state index contributed by atoms with van der Waals surface area (Å²) in [6, 6.07) is 2.00. The zero-order valence-corrected chi connectivity index (χ0v) is 14.9. The average molecular weight is 331 g/mol. The largest absolute Gasteiger partial charge is 0.352 e. The van der Waals surface area contributed by atoms with Crippen molar-refractivity contribution in [3.05, 3.63) is 28.7 Å². The first-order valence-electron chi connectivity index (χ1n) is 8.16. The van der Waals surface area contributed by atoms with E-state index in [-0.39, 0.29) is 24.4 Å². The van der Waals surface area contributed by atoms with Gasteiger partial charge in [-0.05, 0) is 46.6 Å². The second-order valence-electron chi connectivity index (χ2n) is 6.32. The highest BCUT2D eigenvalue weighted by molar-refractivity contribution is 5.84. The zero-order valence-electron chi connectivity index (χ0n) is 14.9. The quantitative estimate of drug-likeness (QED) is 0.833. The standard InChI is InChI=1S/C17H25N5O2/c1-10(2)19-17(24)9-18-16(23)7-6-14-12(4)20-15-8-11(3)21-22(15)13(14)5/h8,10H,6-7,9H2,1-5H3,(H,18,23)(H,19,24). The minimum Gasteiger partial charge on any atom is -0.352 e. The summed E-state index contributed by atoms with van der Waals surface area (Å²) in [6.45, 7) is 9.62. The van der Waals surface area contributed by atoms with E-state index < -0.39 is 0 Å². The molecule has 0 atom stereocenters. The number of rotatable bonds is 6. The summed E-state index contributed by atoms with van der Waals surface area (Å²) in [5, 5.41) is 9.81. The van der Waals surface area contributed by atoms with Crippen LogP contribution in [-0.4, -0.2) is 39.0 Å². The predicted octanol–water partition coefficient (Wildman–Crippen LogP) is 1.23. The van der Waals surface area contributed by atoms with E-state index in [0.717, 1.165) is 28.3 Å². The molecule has 0 fully saturated rings. The first-order valence-corrected chi connectivity index (χ1v) is 8.16. The van der Waals surface area contributed by atoms with E-state index >= 15 is 0 Å². The molecule has 0 saturated carbocycles. The molecule has 0 aliphatic carbocycles. The van der Waals surface area contributed by atoms with Crippen LogP contribution in [0.15, 0.2) is 6.07 Å². The van der Waals surface area contributed by atoms with Gasteiger partial charge in [0.15, 0.2) is 5.65 Å². The summed E-state index contributed by atoms with van der Waals surface area (Å²) >= 11 is 0. The Morgan fingerprint density at radius 1 is 1.21 bits per heavy atom. The van der Waals surface area contributed by atoms with Crippen molar-refractivity contribution < 1.29 is 9.59 Å². The topological polar surface area (TPSA) is 88.4 Å². The Labute approximate surface area is 141 Å². The number of carbonyl (C=O) groups is 2. The third-order valence-corrected chi connectivity index (χ3v) is 3.78. The highest BCUT2D eigenvalue weighted by Crippen LogP contribution is 2.16. The van der Waals surface area contributed by atoms with Gasteiger partial charge in [-0.1, -0.05) is 0 Å². The maximum atomic E-state index is 12.0. The summed E-state index contributed by atoms with van der Waals surface area (Å²) in [6.07, 6.45) is 0.876. The molecule has 0 aromatic carbocycles. The van der Waals surface area contributed by atoms with E-state index in [1.807, 2.05) is 45.2 Å². The fourth-order valence-corrected chi connectivity index (χ4v) is 2.68. The van der Waals surface area contributed by atoms with E-state index in [1.54, 1.807) is 0 Å². The molecule has 0 aliphatic heterocycles. The van der Waals surface area contributed by atoms with Crippen molar-refractivity contribution in [3.63, 3.8) is 0 Å². The fourth-order valence-electron chi connectivity index (χ4n) is 2.68. The molecular formula is C17H25N5O2. The minimum atomic E-state index is -0.180. The number of nitrogens with zero attached hydrogens (tertiary/aromatic N) is 3. The van der Waals surface area contributed by atoms with Crippen molar-refractivity contribution >= 4 is 17.5 Å². The van der Waals surface area contributed by atoms with Gasteiger partial charge in [0.2, 0.25) is 11.8 Å². The lowest BCUT2D eigenvalue weighted by molar-refractivity contribution is -0.126. The molecule has 2 heterocycles. The number of fused-ring (bicyclic) bond motifs is 1. The Hall–Kier alpha value is -2.44. The zero-order chi connectivity index (χ0) is 17.9. The van der Waals surface area contributed by atoms with Crippen molar-refractivity contribution in [2.45, 2.75) is 53.5 Å². The van der Waals surface area contributed by atoms with E-state index in [2.05, 4.69) is 20.7 Å². The minimum absolute atomic E-state index is 0.00458. The number of carbonyl (C=O) groups excluding carboxylic acids is 2. The third-order valence-electron chi connectivity index (χ3n) is 3.78. The number of hydrogen-bond donors (Lipinski definition) is 2. The van der Waals surface area contributed by atoms with E-state index in [1.165, 1.54) is 0 Å². The molecule has 2 rings (SSSR count). The van der Waals surface area contributed by atoms with Crippen LogP contribution in [-0.2, 0) is 16.0 Å². The monoisotopic (exact) mass is 331 g/mol. The summed E-state index contributed by atoms with van der Waals surface area (Å²) in [5.41, 5.74) is 4.66. The number of hydrogen-bond acceptors (Lipinski definition) is 4. The molecule has 0 bridgehead atoms. The summed E-state index contributed by atoms with van der Waals surface area (Å²) in [7, 11) is 0. The van der Waals surface area contributed by atoms with Crippen LogP contribution >= 0.6 is 0 Å². The van der Waals surface area contributed by atoms with Gasteiger partial charge in [0, 0.05) is 29.9 Å². The molecule has 0 radical (unpaired) electrons. The van der Waals surface area contributed by atoms with Crippen molar-refractivity contribution in [2.75, 3.05) is 6.54 Å². The van der Waals surface area contributed by atoms with Gasteiger partial charge in [0.1, 0.15) is 0 Å². The van der Waals surface area contributed by atoms with Crippen LogP contribution in [0.5, 0.6) is 0 Å². The number of aryl methyl sites for hydroxylation is 3. The first kappa shape index (κ1) is 17.9. The third kappa shape index (κ3) is 4.31. The molecule has 7 heteroatoms. The Morgan fingerprint density at radius 2 is 1.92 bits per heavy atom. The first-order chi connectivity index (χ1) is 11.3. The van der Waals surface area contributed by atoms with Crippen LogP contribution in [0, 0.1) is 20.8 Å². The molecule has 24 heavy (non-hydrogen) atoms. The predicted molar refractivity (Wildman–Crippen MR) is 91.8 cm³/mol. The van der Waals surface area contributed by atoms with Crippen molar-refractivity contribution in [2.24, 2.45) is 0 Å². The van der Waals surface area contributed by atoms with E-state index in [4.69, 9.17) is 0 Å². The van der Waals surface area contributed by atoms with Crippen LogP contribution in [0.3, 0.4) is 0 Å². The van der Waals surface area contributed by atoms with Gasteiger partial charge in [-0.3, -0.25) is 9.59 Å². The van der Waals surface area contributed by atoms with Crippen LogP contribution in [0.4, 0.5) is 0 Å². The van der Waals surface area contributed by atoms with Crippen molar-refractivity contribution in [1.82, 2.24) is 25.2 Å². The molecule has 2 aromatic heterocycles. The molecular weight excluding hydrogens is 306 g/mol. The van der Waals surface area contributed by atoms with Gasteiger partial charge in [0.25, 0.3) is 0 Å². The van der Waals surface area contributed by atoms with Gasteiger partial charge in [0.05, 0.1) is 12.2 Å². The van der Waals surface area contributed by atoms with Gasteiger partial charge in [-0.25, -0.2) is 9.50 Å².